The number of rotatable bonds is 7. The molecule has 1 amide bonds. The third-order valence-electron chi connectivity index (χ3n) is 5.10. The van der Waals surface area contributed by atoms with Gasteiger partial charge in [0, 0.05) is 0 Å². The van der Waals surface area contributed by atoms with Gasteiger partial charge in [-0.3, -0.25) is 9.10 Å². The smallest absolute Gasteiger partial charge is 0.264 e. The first-order valence-corrected chi connectivity index (χ1v) is 12.2. The lowest BCUT2D eigenvalue weighted by atomic mass is 10.1. The van der Waals surface area contributed by atoms with E-state index in [0.29, 0.717) is 22.2 Å². The highest BCUT2D eigenvalue weighted by Crippen LogP contribution is 2.37. The molecular formula is C24H23ClN2O5S. The molecule has 1 atom stereocenters. The van der Waals surface area contributed by atoms with Crippen LogP contribution in [0.2, 0.25) is 5.02 Å². The van der Waals surface area contributed by atoms with E-state index in [9.17, 15) is 13.2 Å². The third-order valence-corrected chi connectivity index (χ3v) is 7.21. The quantitative estimate of drug-likeness (QED) is 0.513. The molecule has 3 aromatic rings. The normalized spacial score (nSPS) is 15.3. The molecule has 3 aromatic carbocycles. The maximum absolute atomic E-state index is 13.4. The van der Waals surface area contributed by atoms with Gasteiger partial charge in [-0.25, -0.2) is 8.42 Å². The summed E-state index contributed by atoms with van der Waals surface area (Å²) in [6, 6.07) is 20.4. The van der Waals surface area contributed by atoms with Crippen molar-refractivity contribution in [2.75, 3.05) is 24.0 Å². The van der Waals surface area contributed by atoms with Gasteiger partial charge in [-0.1, -0.05) is 48.0 Å². The van der Waals surface area contributed by atoms with Gasteiger partial charge in [0.15, 0.2) is 6.10 Å². The molecule has 1 aliphatic rings. The molecule has 1 N–H and O–H groups in total. The molecule has 0 aromatic heterocycles. The highest BCUT2D eigenvalue weighted by atomic mass is 35.5. The molecule has 172 valence electrons. The molecule has 0 radical (unpaired) electrons. The van der Waals surface area contributed by atoms with Crippen LogP contribution in [0.5, 0.6) is 11.5 Å². The molecule has 0 fully saturated rings. The summed E-state index contributed by atoms with van der Waals surface area (Å²) in [6.07, 6.45) is -1.01. The van der Waals surface area contributed by atoms with Crippen LogP contribution in [0, 0.1) is 6.92 Å². The largest absolute Gasteiger partial charge is 0.490 e. The van der Waals surface area contributed by atoms with Crippen molar-refractivity contribution in [1.29, 1.82) is 0 Å². The lowest BCUT2D eigenvalue weighted by molar-refractivity contribution is -0.127. The number of halogens is 1. The first kappa shape index (κ1) is 22.9. The number of sulfonamides is 1. The van der Waals surface area contributed by atoms with Gasteiger partial charge in [-0.15, -0.1) is 0 Å². The van der Waals surface area contributed by atoms with Crippen molar-refractivity contribution < 1.29 is 22.7 Å². The van der Waals surface area contributed by atoms with Crippen LogP contribution in [0.25, 0.3) is 0 Å². The van der Waals surface area contributed by atoms with Gasteiger partial charge < -0.3 is 14.8 Å². The molecule has 33 heavy (non-hydrogen) atoms. The van der Waals surface area contributed by atoms with E-state index in [4.69, 9.17) is 21.1 Å². The van der Waals surface area contributed by atoms with Gasteiger partial charge in [-0.2, -0.15) is 0 Å². The number of fused-ring (bicyclic) bond motifs is 1. The van der Waals surface area contributed by atoms with E-state index in [-0.39, 0.29) is 24.6 Å². The molecule has 1 heterocycles. The average molecular weight is 487 g/mol. The lowest BCUT2D eigenvalue weighted by Crippen LogP contribution is -2.51. The van der Waals surface area contributed by atoms with Crippen LogP contribution in [-0.2, 0) is 14.8 Å². The van der Waals surface area contributed by atoms with Gasteiger partial charge in [0.25, 0.3) is 15.9 Å². The fraction of sp³-hybridized carbons (Fsp3) is 0.208. The summed E-state index contributed by atoms with van der Waals surface area (Å²) in [7, 11) is -3.89. The number of ether oxygens (including phenoxy) is 2. The van der Waals surface area contributed by atoms with Gasteiger partial charge in [0.2, 0.25) is 0 Å². The predicted octanol–water partition coefficient (Wildman–Crippen LogP) is 3.80. The molecule has 0 saturated carbocycles. The Hall–Kier alpha value is -3.23. The minimum Gasteiger partial charge on any atom is -0.490 e. The number of hydrogen-bond donors (Lipinski definition) is 1. The summed E-state index contributed by atoms with van der Waals surface area (Å²) in [5.74, 6) is 0.419. The second-order valence-electron chi connectivity index (χ2n) is 7.50. The van der Waals surface area contributed by atoms with Gasteiger partial charge in [0.1, 0.15) is 18.1 Å². The number of nitrogens with one attached hydrogen (secondary N) is 1. The molecule has 1 aliphatic heterocycles. The van der Waals surface area contributed by atoms with Crippen molar-refractivity contribution in [1.82, 2.24) is 5.32 Å². The molecule has 0 spiro atoms. The number of carbonyl (C=O) groups excluding carboxylic acids is 1. The van der Waals surface area contributed by atoms with E-state index in [1.807, 2.05) is 13.0 Å². The summed E-state index contributed by atoms with van der Waals surface area (Å²) in [6.45, 7) is 2.12. The summed E-state index contributed by atoms with van der Waals surface area (Å²) < 4.78 is 39.5. The fourth-order valence-electron chi connectivity index (χ4n) is 3.46. The number of amides is 1. The monoisotopic (exact) mass is 486 g/mol. The van der Waals surface area contributed by atoms with E-state index in [2.05, 4.69) is 5.32 Å². The first-order chi connectivity index (χ1) is 15.9. The number of anilines is 1. The van der Waals surface area contributed by atoms with Crippen molar-refractivity contribution in [2.24, 2.45) is 0 Å². The zero-order valence-electron chi connectivity index (χ0n) is 17.9. The molecule has 4 rings (SSSR count). The third kappa shape index (κ3) is 5.07. The van der Waals surface area contributed by atoms with Crippen molar-refractivity contribution >= 4 is 33.2 Å². The Balaban J connectivity index is 1.49. The van der Waals surface area contributed by atoms with E-state index >= 15 is 0 Å². The molecular weight excluding hydrogens is 464 g/mol. The first-order valence-electron chi connectivity index (χ1n) is 10.4. The van der Waals surface area contributed by atoms with E-state index in [0.717, 1.165) is 5.56 Å². The summed E-state index contributed by atoms with van der Waals surface area (Å²) >= 11 is 6.06. The Labute approximate surface area is 197 Å². The Kier molecular flexibility index (Phi) is 6.76. The van der Waals surface area contributed by atoms with Crippen molar-refractivity contribution in [3.63, 3.8) is 0 Å². The topological polar surface area (TPSA) is 84.9 Å². The Morgan fingerprint density at radius 3 is 2.61 bits per heavy atom. The number of carbonyl (C=O) groups is 1. The number of benzene rings is 3. The van der Waals surface area contributed by atoms with E-state index in [1.54, 1.807) is 54.6 Å². The Morgan fingerprint density at radius 2 is 1.85 bits per heavy atom. The van der Waals surface area contributed by atoms with Crippen molar-refractivity contribution in [3.8, 4) is 11.5 Å². The predicted molar refractivity (Wildman–Crippen MR) is 127 cm³/mol. The Bertz CT molecular complexity index is 1250. The van der Waals surface area contributed by atoms with E-state index < -0.39 is 22.0 Å². The lowest BCUT2D eigenvalue weighted by Gasteiger charge is -2.35. The van der Waals surface area contributed by atoms with Crippen LogP contribution in [0.1, 0.15) is 5.56 Å². The summed E-state index contributed by atoms with van der Waals surface area (Å²) in [5.41, 5.74) is 1.29. The molecule has 1 unspecified atom stereocenters. The standard InChI is InChI=1S/C24H23ClN2O5S/c1-17-11-12-22-20(15-17)27(33(29,30)18-7-3-2-4-8-18)16-23(32-22)24(28)26-13-14-31-21-10-6-5-9-19(21)25/h2-12,15,23H,13-14,16H2,1H3,(H,26,28). The van der Waals surface area contributed by atoms with Crippen LogP contribution in [-0.4, -0.2) is 40.1 Å². The van der Waals surface area contributed by atoms with Crippen LogP contribution < -0.4 is 19.1 Å². The Morgan fingerprint density at radius 1 is 1.12 bits per heavy atom. The fourth-order valence-corrected chi connectivity index (χ4v) is 5.14. The number of hydrogen-bond acceptors (Lipinski definition) is 5. The van der Waals surface area contributed by atoms with Gasteiger partial charge in [0.05, 0.1) is 28.7 Å². The van der Waals surface area contributed by atoms with Gasteiger partial charge in [-0.05, 0) is 48.9 Å². The molecule has 0 saturated heterocycles. The van der Waals surface area contributed by atoms with Crippen LogP contribution >= 0.6 is 11.6 Å². The molecule has 9 heteroatoms. The second kappa shape index (κ2) is 9.72. The molecule has 7 nitrogen and oxygen atoms in total. The highest BCUT2D eigenvalue weighted by Gasteiger charge is 2.37. The van der Waals surface area contributed by atoms with Crippen LogP contribution in [0.4, 0.5) is 5.69 Å². The maximum Gasteiger partial charge on any atom is 0.264 e. The number of aryl methyl sites for hydroxylation is 1. The second-order valence-corrected chi connectivity index (χ2v) is 9.77. The molecule has 0 aliphatic carbocycles. The summed E-state index contributed by atoms with van der Waals surface area (Å²) in [5, 5.41) is 3.22. The van der Waals surface area contributed by atoms with E-state index in [1.165, 1.54) is 16.4 Å². The SMILES string of the molecule is Cc1ccc2c(c1)N(S(=O)(=O)c1ccccc1)CC(C(=O)NCCOc1ccccc1Cl)O2. The highest BCUT2D eigenvalue weighted by molar-refractivity contribution is 7.92. The zero-order valence-corrected chi connectivity index (χ0v) is 19.5. The maximum atomic E-state index is 13.4. The number of para-hydroxylation sites is 1. The summed E-state index contributed by atoms with van der Waals surface area (Å²) in [4.78, 5) is 13.0. The molecule has 0 bridgehead atoms. The van der Waals surface area contributed by atoms with Crippen LogP contribution in [0.3, 0.4) is 0 Å². The minimum atomic E-state index is -3.89. The van der Waals surface area contributed by atoms with Crippen molar-refractivity contribution in [3.05, 3.63) is 83.4 Å². The number of nitrogens with zero attached hydrogens (tertiary/aromatic N) is 1. The average Bonchev–Trinajstić information content (AvgIpc) is 2.82. The van der Waals surface area contributed by atoms with Gasteiger partial charge >= 0.3 is 0 Å². The zero-order chi connectivity index (χ0) is 23.4. The minimum absolute atomic E-state index is 0.145. The van der Waals surface area contributed by atoms with Crippen molar-refractivity contribution in [2.45, 2.75) is 17.9 Å². The van der Waals surface area contributed by atoms with Crippen LogP contribution in [0.15, 0.2) is 77.7 Å².